The first-order valence-electron chi connectivity index (χ1n) is 5.95. The fraction of sp³-hybridized carbons (Fsp3) is 0.750. The Balaban J connectivity index is 2.52. The molecule has 2 N–H and O–H groups in total. The van der Waals surface area contributed by atoms with Crippen molar-refractivity contribution in [1.82, 2.24) is 14.7 Å². The van der Waals surface area contributed by atoms with E-state index < -0.39 is 0 Å². The number of likely N-dealkylation sites (N-methyl/N-ethyl adjacent to an activating group) is 1. The third-order valence-corrected chi connectivity index (χ3v) is 2.61. The van der Waals surface area contributed by atoms with Crippen LogP contribution in [-0.4, -0.2) is 35.3 Å². The lowest BCUT2D eigenvalue weighted by Crippen LogP contribution is -2.18. The number of nitrogens with two attached hydrogens (primary N) is 1. The summed E-state index contributed by atoms with van der Waals surface area (Å²) < 4.78 is 1.95. The standard InChI is InChI=1S/C12H24N4/c1-10(2)5-6-12-11(13)9-16(14-12)8-7-15(3)4/h9-10H,5-8,13H2,1-4H3. The first-order chi connectivity index (χ1) is 7.49. The Morgan fingerprint density at radius 2 is 2.12 bits per heavy atom. The smallest absolute Gasteiger partial charge is 0.0853 e. The number of aryl methyl sites for hydroxylation is 1. The van der Waals surface area contributed by atoms with Gasteiger partial charge in [0.2, 0.25) is 0 Å². The van der Waals surface area contributed by atoms with E-state index in [-0.39, 0.29) is 0 Å². The van der Waals surface area contributed by atoms with Gasteiger partial charge < -0.3 is 10.6 Å². The summed E-state index contributed by atoms with van der Waals surface area (Å²) in [7, 11) is 4.12. The second-order valence-corrected chi connectivity index (χ2v) is 5.03. The quantitative estimate of drug-likeness (QED) is 0.798. The van der Waals surface area contributed by atoms with Crippen LogP contribution in [-0.2, 0) is 13.0 Å². The van der Waals surface area contributed by atoms with Gasteiger partial charge in [-0.05, 0) is 32.9 Å². The molecule has 0 aromatic carbocycles. The number of anilines is 1. The highest BCUT2D eigenvalue weighted by Crippen LogP contribution is 2.14. The molecule has 0 aliphatic heterocycles. The largest absolute Gasteiger partial charge is 0.396 e. The van der Waals surface area contributed by atoms with Crippen LogP contribution in [0.5, 0.6) is 0 Å². The number of nitrogens with zero attached hydrogens (tertiary/aromatic N) is 3. The van der Waals surface area contributed by atoms with E-state index in [2.05, 4.69) is 37.9 Å². The fourth-order valence-corrected chi connectivity index (χ4v) is 1.51. The van der Waals surface area contributed by atoms with E-state index in [1.165, 1.54) is 0 Å². The van der Waals surface area contributed by atoms with Gasteiger partial charge in [-0.3, -0.25) is 4.68 Å². The Hall–Kier alpha value is -1.03. The molecule has 0 atom stereocenters. The first-order valence-corrected chi connectivity index (χ1v) is 5.95. The van der Waals surface area contributed by atoms with Gasteiger partial charge in [-0.25, -0.2) is 0 Å². The van der Waals surface area contributed by atoms with Crippen LogP contribution in [0.2, 0.25) is 0 Å². The molecule has 4 heteroatoms. The molecule has 0 unspecified atom stereocenters. The van der Waals surface area contributed by atoms with Gasteiger partial charge in [-0.2, -0.15) is 5.10 Å². The predicted molar refractivity (Wildman–Crippen MR) is 68.4 cm³/mol. The molecule has 16 heavy (non-hydrogen) atoms. The topological polar surface area (TPSA) is 47.1 Å². The summed E-state index contributed by atoms with van der Waals surface area (Å²) >= 11 is 0. The van der Waals surface area contributed by atoms with E-state index in [0.717, 1.165) is 37.3 Å². The zero-order chi connectivity index (χ0) is 12.1. The van der Waals surface area contributed by atoms with Crippen molar-refractivity contribution in [2.45, 2.75) is 33.2 Å². The highest BCUT2D eigenvalue weighted by atomic mass is 15.3. The Labute approximate surface area is 98.4 Å². The first kappa shape index (κ1) is 13.0. The highest BCUT2D eigenvalue weighted by molar-refractivity contribution is 5.40. The van der Waals surface area contributed by atoms with Crippen molar-refractivity contribution in [1.29, 1.82) is 0 Å². The third kappa shape index (κ3) is 4.23. The molecule has 0 fully saturated rings. The van der Waals surface area contributed by atoms with Crippen LogP contribution in [0.25, 0.3) is 0 Å². The van der Waals surface area contributed by atoms with E-state index in [0.29, 0.717) is 5.92 Å². The molecule has 0 amide bonds. The fourth-order valence-electron chi connectivity index (χ4n) is 1.51. The normalized spacial score (nSPS) is 11.6. The molecular weight excluding hydrogens is 200 g/mol. The van der Waals surface area contributed by atoms with E-state index >= 15 is 0 Å². The van der Waals surface area contributed by atoms with E-state index in [1.807, 2.05) is 10.9 Å². The van der Waals surface area contributed by atoms with Crippen LogP contribution in [0, 0.1) is 5.92 Å². The summed E-state index contributed by atoms with van der Waals surface area (Å²) in [6.07, 6.45) is 4.08. The molecule has 92 valence electrons. The van der Waals surface area contributed by atoms with Crippen LogP contribution in [0.3, 0.4) is 0 Å². The Kier molecular flexibility index (Phi) is 4.80. The zero-order valence-electron chi connectivity index (χ0n) is 10.9. The summed E-state index contributed by atoms with van der Waals surface area (Å²) in [5, 5.41) is 4.52. The van der Waals surface area contributed by atoms with Crippen molar-refractivity contribution in [2.24, 2.45) is 5.92 Å². The van der Waals surface area contributed by atoms with Gasteiger partial charge in [0.05, 0.1) is 17.9 Å². The maximum atomic E-state index is 5.94. The van der Waals surface area contributed by atoms with Crippen LogP contribution in [0.1, 0.15) is 26.0 Å². The lowest BCUT2D eigenvalue weighted by atomic mass is 10.1. The van der Waals surface area contributed by atoms with Crippen molar-refractivity contribution in [3.8, 4) is 0 Å². The summed E-state index contributed by atoms with van der Waals surface area (Å²) in [6.45, 7) is 6.34. The van der Waals surface area contributed by atoms with Gasteiger partial charge in [-0.1, -0.05) is 13.8 Å². The minimum absolute atomic E-state index is 0.700. The van der Waals surface area contributed by atoms with Crippen molar-refractivity contribution < 1.29 is 0 Å². The van der Waals surface area contributed by atoms with Crippen LogP contribution >= 0.6 is 0 Å². The highest BCUT2D eigenvalue weighted by Gasteiger charge is 2.06. The summed E-state index contributed by atoms with van der Waals surface area (Å²) in [5.41, 5.74) is 7.82. The lowest BCUT2D eigenvalue weighted by molar-refractivity contribution is 0.372. The van der Waals surface area contributed by atoms with Crippen molar-refractivity contribution in [2.75, 3.05) is 26.4 Å². The van der Waals surface area contributed by atoms with E-state index in [1.54, 1.807) is 0 Å². The molecule has 1 aromatic rings. The van der Waals surface area contributed by atoms with Crippen molar-refractivity contribution in [3.05, 3.63) is 11.9 Å². The summed E-state index contributed by atoms with van der Waals surface area (Å²) in [4.78, 5) is 2.14. The number of rotatable bonds is 6. The molecule has 0 aliphatic carbocycles. The van der Waals surface area contributed by atoms with Crippen LogP contribution < -0.4 is 5.73 Å². The predicted octanol–water partition coefficient (Wildman–Crippen LogP) is 1.62. The van der Waals surface area contributed by atoms with Gasteiger partial charge in [0.15, 0.2) is 0 Å². The third-order valence-electron chi connectivity index (χ3n) is 2.61. The molecule has 4 nitrogen and oxygen atoms in total. The number of nitrogen functional groups attached to an aromatic ring is 1. The minimum Gasteiger partial charge on any atom is -0.396 e. The molecule has 0 spiro atoms. The van der Waals surface area contributed by atoms with Gasteiger partial charge >= 0.3 is 0 Å². The summed E-state index contributed by atoms with van der Waals surface area (Å²) in [6, 6.07) is 0. The molecule has 0 radical (unpaired) electrons. The molecule has 0 saturated carbocycles. The minimum atomic E-state index is 0.700. The molecule has 1 heterocycles. The lowest BCUT2D eigenvalue weighted by Gasteiger charge is -2.08. The monoisotopic (exact) mass is 224 g/mol. The van der Waals surface area contributed by atoms with Gasteiger partial charge in [-0.15, -0.1) is 0 Å². The van der Waals surface area contributed by atoms with E-state index in [9.17, 15) is 0 Å². The zero-order valence-corrected chi connectivity index (χ0v) is 10.9. The Morgan fingerprint density at radius 3 is 2.69 bits per heavy atom. The maximum absolute atomic E-state index is 5.94. The van der Waals surface area contributed by atoms with Crippen molar-refractivity contribution >= 4 is 5.69 Å². The molecule has 0 aliphatic rings. The average molecular weight is 224 g/mol. The van der Waals surface area contributed by atoms with Crippen molar-refractivity contribution in [3.63, 3.8) is 0 Å². The maximum Gasteiger partial charge on any atom is 0.0853 e. The summed E-state index contributed by atoms with van der Waals surface area (Å²) in [5.74, 6) is 0.700. The van der Waals surface area contributed by atoms with Crippen LogP contribution in [0.4, 0.5) is 5.69 Å². The number of hydrogen-bond donors (Lipinski definition) is 1. The Morgan fingerprint density at radius 1 is 1.44 bits per heavy atom. The SMILES string of the molecule is CC(C)CCc1nn(CCN(C)C)cc1N. The second-order valence-electron chi connectivity index (χ2n) is 5.03. The molecule has 0 saturated heterocycles. The molecular formula is C12H24N4. The van der Waals surface area contributed by atoms with Gasteiger partial charge in [0.25, 0.3) is 0 Å². The molecule has 1 rings (SSSR count). The average Bonchev–Trinajstić information content (AvgIpc) is 2.53. The Bertz CT molecular complexity index is 315. The van der Waals surface area contributed by atoms with Gasteiger partial charge in [0, 0.05) is 12.7 Å². The second kappa shape index (κ2) is 5.89. The number of hydrogen-bond acceptors (Lipinski definition) is 3. The molecule has 0 bridgehead atoms. The van der Waals surface area contributed by atoms with Gasteiger partial charge in [0.1, 0.15) is 0 Å². The number of aromatic nitrogens is 2. The molecule has 1 aromatic heterocycles. The van der Waals surface area contributed by atoms with E-state index in [4.69, 9.17) is 5.73 Å². The van der Waals surface area contributed by atoms with Crippen LogP contribution in [0.15, 0.2) is 6.20 Å².